The number of nitrogens with one attached hydrogen (secondary N) is 1. The summed E-state index contributed by atoms with van der Waals surface area (Å²) in [7, 11) is -2.43. The lowest BCUT2D eigenvalue weighted by Gasteiger charge is -2.12. The molecule has 0 saturated heterocycles. The van der Waals surface area contributed by atoms with E-state index in [0.29, 0.717) is 12.0 Å². The van der Waals surface area contributed by atoms with Crippen LogP contribution in [0.15, 0.2) is 29.4 Å². The SMILES string of the molecule is CCc1ccc(C(=O)O)cc1NS(=O)(=O)c1cnnn1C. The van der Waals surface area contributed by atoms with Crippen molar-refractivity contribution >= 4 is 21.7 Å². The number of sulfonamides is 1. The largest absolute Gasteiger partial charge is 0.478 e. The monoisotopic (exact) mass is 310 g/mol. The molecule has 0 aliphatic rings. The van der Waals surface area contributed by atoms with E-state index in [1.807, 2.05) is 6.92 Å². The first-order chi connectivity index (χ1) is 9.85. The minimum atomic E-state index is -3.88. The quantitative estimate of drug-likeness (QED) is 0.847. The van der Waals surface area contributed by atoms with Crippen LogP contribution in [0.4, 0.5) is 5.69 Å². The molecule has 1 aromatic carbocycles. The normalized spacial score (nSPS) is 11.3. The van der Waals surface area contributed by atoms with Gasteiger partial charge < -0.3 is 5.11 Å². The summed E-state index contributed by atoms with van der Waals surface area (Å²) in [6.45, 7) is 1.85. The summed E-state index contributed by atoms with van der Waals surface area (Å²) in [6.07, 6.45) is 1.68. The van der Waals surface area contributed by atoms with Gasteiger partial charge in [-0.05, 0) is 24.1 Å². The first-order valence-corrected chi connectivity index (χ1v) is 7.57. The maximum atomic E-state index is 12.3. The first-order valence-electron chi connectivity index (χ1n) is 6.09. The molecular formula is C12H14N4O4S. The molecule has 2 aromatic rings. The zero-order valence-corrected chi connectivity index (χ0v) is 12.3. The number of aryl methyl sites for hydroxylation is 2. The second-order valence-corrected chi connectivity index (χ2v) is 5.96. The van der Waals surface area contributed by atoms with Gasteiger partial charge in [0.1, 0.15) is 0 Å². The number of benzene rings is 1. The van der Waals surface area contributed by atoms with Gasteiger partial charge >= 0.3 is 5.97 Å². The summed E-state index contributed by atoms with van der Waals surface area (Å²) in [4.78, 5) is 11.0. The molecule has 0 amide bonds. The van der Waals surface area contributed by atoms with Crippen molar-refractivity contribution in [2.24, 2.45) is 7.05 Å². The third kappa shape index (κ3) is 3.02. The molecule has 1 heterocycles. The molecule has 0 unspecified atom stereocenters. The van der Waals surface area contributed by atoms with Gasteiger partial charge in [-0.1, -0.05) is 18.2 Å². The number of aromatic carboxylic acids is 1. The van der Waals surface area contributed by atoms with Gasteiger partial charge in [0, 0.05) is 7.05 Å². The fraction of sp³-hybridized carbons (Fsp3) is 0.250. The highest BCUT2D eigenvalue weighted by Gasteiger charge is 2.20. The average molecular weight is 310 g/mol. The van der Waals surface area contributed by atoms with Crippen LogP contribution >= 0.6 is 0 Å². The molecule has 0 aliphatic carbocycles. The van der Waals surface area contributed by atoms with Crippen LogP contribution in [0, 0.1) is 0 Å². The lowest BCUT2D eigenvalue weighted by atomic mass is 10.1. The van der Waals surface area contributed by atoms with Crippen molar-refractivity contribution in [2.45, 2.75) is 18.4 Å². The Morgan fingerprint density at radius 2 is 2.14 bits per heavy atom. The van der Waals surface area contributed by atoms with Gasteiger partial charge in [0.25, 0.3) is 10.0 Å². The summed E-state index contributed by atoms with van der Waals surface area (Å²) in [5, 5.41) is 16.0. The van der Waals surface area contributed by atoms with Crippen LogP contribution in [0.3, 0.4) is 0 Å². The molecular weight excluding hydrogens is 296 g/mol. The van der Waals surface area contributed by atoms with Crippen LogP contribution in [-0.2, 0) is 23.5 Å². The first kappa shape index (κ1) is 15.0. The standard InChI is InChI=1S/C12H14N4O4S/c1-3-8-4-5-9(12(17)18)6-10(8)14-21(19,20)11-7-13-15-16(11)2/h4-7,14H,3H2,1-2H3,(H,17,18). The van der Waals surface area contributed by atoms with E-state index in [1.54, 1.807) is 6.07 Å². The number of anilines is 1. The lowest BCUT2D eigenvalue weighted by molar-refractivity contribution is 0.0697. The number of nitrogens with zero attached hydrogens (tertiary/aromatic N) is 3. The second-order valence-electron chi connectivity index (χ2n) is 4.33. The van der Waals surface area contributed by atoms with E-state index in [-0.39, 0.29) is 16.3 Å². The molecule has 2 N–H and O–H groups in total. The van der Waals surface area contributed by atoms with Gasteiger partial charge in [-0.15, -0.1) is 5.10 Å². The Bertz CT molecular complexity index is 782. The van der Waals surface area contributed by atoms with E-state index < -0.39 is 16.0 Å². The zero-order chi connectivity index (χ0) is 15.6. The molecule has 0 bridgehead atoms. The maximum absolute atomic E-state index is 12.3. The van der Waals surface area contributed by atoms with Crippen LogP contribution in [-0.4, -0.2) is 34.5 Å². The second kappa shape index (κ2) is 5.52. The Balaban J connectivity index is 2.45. The van der Waals surface area contributed by atoms with Crippen LogP contribution in [0.2, 0.25) is 0 Å². The topological polar surface area (TPSA) is 114 Å². The fourth-order valence-electron chi connectivity index (χ4n) is 1.83. The Morgan fingerprint density at radius 3 is 2.67 bits per heavy atom. The molecule has 0 radical (unpaired) electrons. The Kier molecular flexibility index (Phi) is 3.94. The smallest absolute Gasteiger partial charge is 0.335 e. The molecule has 0 aliphatic heterocycles. The summed E-state index contributed by atoms with van der Waals surface area (Å²) in [5.41, 5.74) is 0.935. The number of hydrogen-bond acceptors (Lipinski definition) is 5. The minimum Gasteiger partial charge on any atom is -0.478 e. The number of rotatable bonds is 5. The Morgan fingerprint density at radius 1 is 1.43 bits per heavy atom. The van der Waals surface area contributed by atoms with Crippen molar-refractivity contribution < 1.29 is 18.3 Å². The van der Waals surface area contributed by atoms with E-state index in [9.17, 15) is 13.2 Å². The van der Waals surface area contributed by atoms with Gasteiger partial charge in [0.2, 0.25) is 0 Å². The van der Waals surface area contributed by atoms with Crippen LogP contribution in [0.5, 0.6) is 0 Å². The van der Waals surface area contributed by atoms with Crippen molar-refractivity contribution in [3.63, 3.8) is 0 Å². The van der Waals surface area contributed by atoms with Crippen molar-refractivity contribution in [2.75, 3.05) is 4.72 Å². The summed E-state index contributed by atoms with van der Waals surface area (Å²) < 4.78 is 28.1. The molecule has 9 heteroatoms. The summed E-state index contributed by atoms with van der Waals surface area (Å²) >= 11 is 0. The molecule has 0 atom stereocenters. The highest BCUT2D eigenvalue weighted by Crippen LogP contribution is 2.22. The van der Waals surface area contributed by atoms with Crippen LogP contribution < -0.4 is 4.72 Å². The van der Waals surface area contributed by atoms with E-state index in [0.717, 1.165) is 10.9 Å². The van der Waals surface area contributed by atoms with Gasteiger partial charge in [-0.25, -0.2) is 9.48 Å². The highest BCUT2D eigenvalue weighted by atomic mass is 32.2. The molecule has 0 spiro atoms. The van der Waals surface area contributed by atoms with Crippen molar-refractivity contribution in [3.05, 3.63) is 35.5 Å². The lowest BCUT2D eigenvalue weighted by Crippen LogP contribution is -2.18. The van der Waals surface area contributed by atoms with Gasteiger partial charge in [0.15, 0.2) is 5.03 Å². The van der Waals surface area contributed by atoms with E-state index >= 15 is 0 Å². The predicted octanol–water partition coefficient (Wildman–Crippen LogP) is 0.876. The van der Waals surface area contributed by atoms with Gasteiger partial charge in [0.05, 0.1) is 17.4 Å². The number of hydrogen-bond donors (Lipinski definition) is 2. The molecule has 21 heavy (non-hydrogen) atoms. The number of carboxylic acids is 1. The molecule has 1 aromatic heterocycles. The molecule has 8 nitrogen and oxygen atoms in total. The molecule has 0 saturated carbocycles. The zero-order valence-electron chi connectivity index (χ0n) is 11.4. The van der Waals surface area contributed by atoms with Crippen LogP contribution in [0.1, 0.15) is 22.8 Å². The van der Waals surface area contributed by atoms with Crippen molar-refractivity contribution in [1.29, 1.82) is 0 Å². The molecule has 0 fully saturated rings. The minimum absolute atomic E-state index is 0.00744. The number of carbonyl (C=O) groups is 1. The van der Waals surface area contributed by atoms with Crippen LogP contribution in [0.25, 0.3) is 0 Å². The van der Waals surface area contributed by atoms with Crippen molar-refractivity contribution in [3.8, 4) is 0 Å². The third-order valence-corrected chi connectivity index (χ3v) is 4.34. The Labute approximate surface area is 121 Å². The summed E-state index contributed by atoms with van der Waals surface area (Å²) in [6, 6.07) is 4.32. The maximum Gasteiger partial charge on any atom is 0.335 e. The summed E-state index contributed by atoms with van der Waals surface area (Å²) in [5.74, 6) is -1.12. The predicted molar refractivity (Wildman–Crippen MR) is 74.6 cm³/mol. The highest BCUT2D eigenvalue weighted by molar-refractivity contribution is 7.92. The third-order valence-electron chi connectivity index (χ3n) is 2.93. The Hall–Kier alpha value is -2.42. The van der Waals surface area contributed by atoms with E-state index in [4.69, 9.17) is 5.11 Å². The fourth-order valence-corrected chi connectivity index (χ4v) is 2.99. The van der Waals surface area contributed by atoms with Gasteiger partial charge in [-0.3, -0.25) is 4.72 Å². The molecule has 2 rings (SSSR count). The number of aromatic nitrogens is 3. The molecule has 112 valence electrons. The van der Waals surface area contributed by atoms with E-state index in [2.05, 4.69) is 15.0 Å². The van der Waals surface area contributed by atoms with E-state index in [1.165, 1.54) is 19.2 Å². The van der Waals surface area contributed by atoms with Crippen molar-refractivity contribution in [1.82, 2.24) is 15.0 Å². The average Bonchev–Trinajstić information content (AvgIpc) is 2.85. The van der Waals surface area contributed by atoms with Gasteiger partial charge in [-0.2, -0.15) is 8.42 Å². The number of carboxylic acid groups (broad SMARTS) is 1.